The molecule has 1 fully saturated rings. The third kappa shape index (κ3) is 29.2. The molecule has 0 aliphatic carbocycles. The number of pyridine rings is 2. The number of unbranched alkanes of at least 4 members (excludes halogenated alkanes) is 1. The van der Waals surface area contributed by atoms with Crippen molar-refractivity contribution in [3.8, 4) is 0 Å². The summed E-state index contributed by atoms with van der Waals surface area (Å²) in [6.45, 7) is 9.65. The van der Waals surface area contributed by atoms with Gasteiger partial charge in [-0.2, -0.15) is 0 Å². The highest BCUT2D eigenvalue weighted by atomic mass is 35.5. The van der Waals surface area contributed by atoms with Gasteiger partial charge in [-0.25, -0.2) is 9.97 Å². The number of rotatable bonds is 44. The average Bonchev–Trinajstić information content (AvgIpc) is 1.81. The van der Waals surface area contributed by atoms with E-state index in [0.29, 0.717) is 47.5 Å². The normalized spacial score (nSPS) is 14.9. The Kier molecular flexibility index (Phi) is 35.3. The van der Waals surface area contributed by atoms with Gasteiger partial charge in [0.1, 0.15) is 71.9 Å². The van der Waals surface area contributed by atoms with Crippen LogP contribution in [0.1, 0.15) is 143 Å². The molecule has 606 valence electrons. The minimum atomic E-state index is -1.87. The van der Waals surface area contributed by atoms with E-state index < -0.39 is 144 Å². The minimum absolute atomic E-state index is 0.00267. The van der Waals surface area contributed by atoms with Gasteiger partial charge in [0.2, 0.25) is 65.0 Å². The number of anilines is 1. The first-order valence-corrected chi connectivity index (χ1v) is 38.2. The highest BCUT2D eigenvalue weighted by molar-refractivity contribution is 6.30. The molecule has 33 nitrogen and oxygen atoms in total. The lowest BCUT2D eigenvalue weighted by atomic mass is 9.99. The van der Waals surface area contributed by atoms with Crippen LogP contribution in [0, 0.1) is 5.92 Å². The zero-order valence-electron chi connectivity index (χ0n) is 64.3. The first kappa shape index (κ1) is 88.6. The molecule has 0 saturated carbocycles. The number of likely N-dealkylation sites (tertiary alicyclic amines) is 1. The maximum absolute atomic E-state index is 15.1. The van der Waals surface area contributed by atoms with E-state index in [9.17, 15) is 57.8 Å². The molecule has 3 aromatic heterocycles. The standard InChI is InChI=1S/C79H104ClN19O14/c1-46(2)37-60(73(107)94-59(18-9-10-31-85-47(3)4)79(113)99-36-14-21-66(99)78(112)90-48(5)68(82)102)95-72(106)58(19-12-32-87-69(103)55-26-29-67(81)89-43-55)92-71(105)57(20-13-33-88-70(104)64-44-84-34-35-86-64)93-77(111)65(45-100)98-76(110)63(41-52-15-11-30-83-42-52)97-75(109)62(39-50-23-27-56(80)28-24-50)96-74(108)61(91-49(6)101)40-51-22-25-53-16-7-8-17-54(53)38-51/h7-8,11,15-17,22-30,34-35,38,42-44,46-48,57-63,65-66,85,100H,9-10,12-14,18-21,31-33,36-37,39-41,45H2,1-6H3,(H2,81,89)(H2,82,102)(H,87,103)(H,88,104)(H,90,112)(H,91,101)(H,92,105)(H,93,111)(H,94,107)(H,95,106)(H,96,108)(H,97,109)(H,98,110)/t48-,57+,58-,59+,60+,61-,62-,63-,65+,66+/m1/s1. The summed E-state index contributed by atoms with van der Waals surface area (Å²) in [6, 6.07) is 12.0. The Labute approximate surface area is 660 Å². The fourth-order valence-corrected chi connectivity index (χ4v) is 12.7. The first-order chi connectivity index (χ1) is 54.0. The van der Waals surface area contributed by atoms with Crippen LogP contribution in [-0.4, -0.2) is 206 Å². The number of carbonyl (C=O) groups excluding carboxylic acids is 13. The zero-order valence-corrected chi connectivity index (χ0v) is 65.1. The van der Waals surface area contributed by atoms with Crippen LogP contribution < -0.4 is 75.3 Å². The highest BCUT2D eigenvalue weighted by Crippen LogP contribution is 2.23. The Bertz CT molecular complexity index is 4220. The summed E-state index contributed by atoms with van der Waals surface area (Å²) in [6.07, 6.45) is 8.97. The van der Waals surface area contributed by atoms with Gasteiger partial charge < -0.3 is 85.3 Å². The molecular formula is C79H104ClN19O14. The van der Waals surface area contributed by atoms with Gasteiger partial charge >= 0.3 is 0 Å². The maximum Gasteiger partial charge on any atom is 0.271 e. The van der Waals surface area contributed by atoms with Crippen LogP contribution in [-0.2, 0) is 72.0 Å². The lowest BCUT2D eigenvalue weighted by Gasteiger charge is -2.31. The van der Waals surface area contributed by atoms with Crippen LogP contribution in [0.2, 0.25) is 5.02 Å². The quantitative estimate of drug-likeness (QED) is 0.0239. The van der Waals surface area contributed by atoms with Gasteiger partial charge in [-0.1, -0.05) is 100.0 Å². The van der Waals surface area contributed by atoms with Gasteiger partial charge in [0, 0.05) is 87.9 Å². The van der Waals surface area contributed by atoms with Crippen LogP contribution in [0.3, 0.4) is 0 Å². The van der Waals surface area contributed by atoms with Crippen molar-refractivity contribution in [1.29, 1.82) is 0 Å². The van der Waals surface area contributed by atoms with Gasteiger partial charge in [-0.05, 0) is 141 Å². The number of amides is 13. The second kappa shape index (κ2) is 45.1. The number of primary amides is 1. The summed E-state index contributed by atoms with van der Waals surface area (Å²) >= 11 is 6.26. The molecule has 17 N–H and O–H groups in total. The Morgan fingerprint density at radius 1 is 0.522 bits per heavy atom. The van der Waals surface area contributed by atoms with Gasteiger partial charge in [-0.3, -0.25) is 72.3 Å². The number of carbonyl (C=O) groups is 13. The molecule has 0 unspecified atom stereocenters. The van der Waals surface area contributed by atoms with E-state index in [-0.39, 0.29) is 113 Å². The molecule has 0 spiro atoms. The molecule has 1 saturated heterocycles. The zero-order chi connectivity index (χ0) is 82.1. The fraction of sp³-hybridized carbons (Fsp3) is 0.456. The number of nitrogens with two attached hydrogens (primary N) is 2. The summed E-state index contributed by atoms with van der Waals surface area (Å²) in [5.74, 6) is -10.3. The predicted octanol–water partition coefficient (Wildman–Crippen LogP) is 1.19. The third-order valence-corrected chi connectivity index (χ3v) is 18.9. The smallest absolute Gasteiger partial charge is 0.271 e. The van der Waals surface area contributed by atoms with Crippen LogP contribution in [0.5, 0.6) is 0 Å². The van der Waals surface area contributed by atoms with Gasteiger partial charge in [0.05, 0.1) is 18.4 Å². The largest absolute Gasteiger partial charge is 0.394 e. The summed E-state index contributed by atoms with van der Waals surface area (Å²) < 4.78 is 0. The summed E-state index contributed by atoms with van der Waals surface area (Å²) in [7, 11) is 0. The van der Waals surface area contributed by atoms with Crippen molar-refractivity contribution in [2.24, 2.45) is 11.7 Å². The molecule has 34 heteroatoms. The molecular weight excluding hydrogens is 1470 g/mol. The molecule has 13 amide bonds. The number of aromatic nitrogens is 4. The topological polar surface area (TPSA) is 493 Å². The molecule has 113 heavy (non-hydrogen) atoms. The van der Waals surface area contributed by atoms with E-state index >= 15 is 9.59 Å². The molecule has 0 radical (unpaired) electrons. The van der Waals surface area contributed by atoms with Crippen molar-refractivity contribution >= 4 is 105 Å². The SMILES string of the molecule is CC(=O)N[C@H](Cc1ccc2ccccc2c1)C(=O)N[C@H](Cc1ccc(Cl)cc1)C(=O)N[C@H](Cc1cccnc1)C(=O)N[C@@H](CO)C(=O)N[C@@H](CCCNC(=O)c1cnccn1)C(=O)N[C@H](CCCNC(=O)c1ccc(N)nc1)C(=O)N[C@@H](CC(C)C)C(=O)N[C@@H](CCCCNC(C)C)C(=O)N1CCC[C@H]1C(=O)N[C@H](C)C(N)=O. The van der Waals surface area contributed by atoms with Crippen molar-refractivity contribution in [1.82, 2.24) is 88.6 Å². The molecule has 0 bridgehead atoms. The predicted molar refractivity (Wildman–Crippen MR) is 421 cm³/mol. The second-order valence-corrected chi connectivity index (χ2v) is 29.0. The van der Waals surface area contributed by atoms with Crippen LogP contribution in [0.25, 0.3) is 10.8 Å². The molecule has 10 atom stereocenters. The number of halogens is 1. The van der Waals surface area contributed by atoms with Gasteiger partial charge in [0.15, 0.2) is 0 Å². The van der Waals surface area contributed by atoms with Crippen LogP contribution in [0.15, 0.2) is 128 Å². The van der Waals surface area contributed by atoms with Crippen LogP contribution in [0.4, 0.5) is 5.82 Å². The van der Waals surface area contributed by atoms with E-state index in [1.165, 1.54) is 68.1 Å². The summed E-state index contributed by atoms with van der Waals surface area (Å²) in [4.78, 5) is 201. The van der Waals surface area contributed by atoms with Crippen molar-refractivity contribution in [3.05, 3.63) is 161 Å². The fourth-order valence-electron chi connectivity index (χ4n) is 12.6. The third-order valence-electron chi connectivity index (χ3n) is 18.6. The van der Waals surface area contributed by atoms with E-state index in [1.807, 2.05) is 56.3 Å². The maximum atomic E-state index is 15.1. The number of hydrogen-bond donors (Lipinski definition) is 15. The lowest BCUT2D eigenvalue weighted by Crippen LogP contribution is -2.61. The summed E-state index contributed by atoms with van der Waals surface area (Å²) in [5, 5.41) is 46.2. The summed E-state index contributed by atoms with van der Waals surface area (Å²) in [5.41, 5.74) is 13.0. The number of nitrogens with zero attached hydrogens (tertiary/aromatic N) is 5. The number of hydrogen-bond acceptors (Lipinski definition) is 20. The second-order valence-electron chi connectivity index (χ2n) is 28.6. The van der Waals surface area contributed by atoms with Crippen molar-refractivity contribution < 1.29 is 67.4 Å². The number of fused-ring (bicyclic) bond motifs is 1. The Balaban J connectivity index is 1.16. The van der Waals surface area contributed by atoms with Crippen molar-refractivity contribution in [2.75, 3.05) is 38.5 Å². The monoisotopic (exact) mass is 1580 g/mol. The number of nitrogen functional groups attached to an aromatic ring is 1. The number of benzene rings is 3. The first-order valence-electron chi connectivity index (χ1n) is 37.8. The van der Waals surface area contributed by atoms with E-state index in [2.05, 4.69) is 83.7 Å². The average molecular weight is 1580 g/mol. The molecule has 7 rings (SSSR count). The molecule has 1 aliphatic heterocycles. The van der Waals surface area contributed by atoms with Crippen molar-refractivity contribution in [3.63, 3.8) is 0 Å². The van der Waals surface area contributed by atoms with Crippen LogP contribution >= 0.6 is 11.6 Å². The van der Waals surface area contributed by atoms with E-state index in [0.717, 1.165) is 10.8 Å². The minimum Gasteiger partial charge on any atom is -0.394 e. The number of aliphatic hydroxyl groups excluding tert-OH is 1. The van der Waals surface area contributed by atoms with Gasteiger partial charge in [0.25, 0.3) is 11.8 Å². The van der Waals surface area contributed by atoms with Crippen molar-refractivity contribution in [2.45, 2.75) is 191 Å². The Hall–Kier alpha value is -11.6. The lowest BCUT2D eigenvalue weighted by molar-refractivity contribution is -0.142. The van der Waals surface area contributed by atoms with Gasteiger partial charge in [-0.15, -0.1) is 0 Å². The van der Waals surface area contributed by atoms with E-state index in [4.69, 9.17) is 23.1 Å². The Morgan fingerprint density at radius 3 is 1.65 bits per heavy atom. The molecule has 6 aromatic rings. The Morgan fingerprint density at radius 2 is 1.07 bits per heavy atom. The highest BCUT2D eigenvalue weighted by Gasteiger charge is 2.40. The molecule has 1 aliphatic rings. The molecule has 4 heterocycles. The molecule has 3 aromatic carbocycles. The van der Waals surface area contributed by atoms with E-state index in [1.54, 1.807) is 50.2 Å². The number of aliphatic hydroxyl groups is 1. The number of nitrogens with one attached hydrogen (secondary N) is 12.